The van der Waals surface area contributed by atoms with Crippen LogP contribution in [0.25, 0.3) is 0 Å². The molecule has 0 spiro atoms. The molecule has 2 aliphatic rings. The van der Waals surface area contributed by atoms with Crippen molar-refractivity contribution in [1.82, 2.24) is 9.97 Å². The van der Waals surface area contributed by atoms with E-state index in [2.05, 4.69) is 9.97 Å². The van der Waals surface area contributed by atoms with Gasteiger partial charge in [0.15, 0.2) is 11.6 Å². The summed E-state index contributed by atoms with van der Waals surface area (Å²) in [6, 6.07) is 10.8. The Morgan fingerprint density at radius 3 is 2.43 bits per heavy atom. The predicted octanol–water partition coefficient (Wildman–Crippen LogP) is 3.60. The van der Waals surface area contributed by atoms with E-state index in [1.54, 1.807) is 35.2 Å². The van der Waals surface area contributed by atoms with Crippen LogP contribution in [0.15, 0.2) is 63.4 Å². The van der Waals surface area contributed by atoms with Crippen LogP contribution in [0.1, 0.15) is 36.3 Å². The third-order valence-electron chi connectivity index (χ3n) is 6.16. The Kier molecular flexibility index (Phi) is 5.71. The van der Waals surface area contributed by atoms with Crippen molar-refractivity contribution < 1.29 is 13.2 Å². The Morgan fingerprint density at radius 1 is 1.06 bits per heavy atom. The quantitative estimate of drug-likeness (QED) is 0.466. The van der Waals surface area contributed by atoms with Gasteiger partial charge >= 0.3 is 5.69 Å². The van der Waals surface area contributed by atoms with Crippen molar-refractivity contribution in [3.05, 3.63) is 85.4 Å². The highest BCUT2D eigenvalue weighted by atomic mass is 35.5. The van der Waals surface area contributed by atoms with Gasteiger partial charge in [0, 0.05) is 44.9 Å². The Hall–Kier alpha value is -3.18. The summed E-state index contributed by atoms with van der Waals surface area (Å²) in [5, 5.41) is 6.02. The number of carbonyl (C=O) groups excluding carboxylic acids is 1. The molecule has 1 unspecified atom stereocenters. The number of fused-ring (bicyclic) bond motifs is 1. The molecule has 0 amide bonds. The molecule has 5 N–H and O–H groups in total. The number of nitrogens with one attached hydrogen (secondary N) is 1. The number of anilines is 3. The van der Waals surface area contributed by atoms with Crippen molar-refractivity contribution in [2.75, 3.05) is 10.6 Å². The molecule has 0 saturated carbocycles. The molecule has 1 aliphatic carbocycles. The van der Waals surface area contributed by atoms with Gasteiger partial charge in [-0.2, -0.15) is 4.98 Å². The summed E-state index contributed by atoms with van der Waals surface area (Å²) in [7, 11) is -3.91. The van der Waals surface area contributed by atoms with Crippen LogP contribution < -0.4 is 21.5 Å². The average Bonchev–Trinajstić information content (AvgIpc) is 2.77. The van der Waals surface area contributed by atoms with Crippen LogP contribution in [0.3, 0.4) is 0 Å². The minimum Gasteiger partial charge on any atom is -0.385 e. The lowest BCUT2D eigenvalue weighted by molar-refractivity contribution is -0.116. The van der Waals surface area contributed by atoms with Crippen molar-refractivity contribution in [1.29, 1.82) is 0 Å². The van der Waals surface area contributed by atoms with Gasteiger partial charge in [0.05, 0.1) is 4.90 Å². The molecule has 0 bridgehead atoms. The smallest absolute Gasteiger partial charge is 0.348 e. The van der Waals surface area contributed by atoms with Crippen molar-refractivity contribution in [3.8, 4) is 0 Å². The van der Waals surface area contributed by atoms with Crippen LogP contribution in [0, 0.1) is 0 Å². The standard InChI is InChI=1S/C23H19Cl2N5O4S/c24-11-4-9-14(15(25)10-11)18-19-16(2-1-3-17(19)31)30(22-20(18)21(26)28-23(32)29-22)12-5-7-13(8-6-12)35(27,33)34/h4-10,18H,1-3H2,(H2,27,33,34)(H3,26,28,29,32). The molecule has 1 aliphatic heterocycles. The lowest BCUT2D eigenvalue weighted by Gasteiger charge is -2.40. The van der Waals surface area contributed by atoms with Crippen molar-refractivity contribution in [2.45, 2.75) is 30.1 Å². The fourth-order valence-electron chi connectivity index (χ4n) is 4.73. The lowest BCUT2D eigenvalue weighted by atomic mass is 9.75. The van der Waals surface area contributed by atoms with E-state index >= 15 is 0 Å². The molecule has 2 aromatic carbocycles. The fraction of sp³-hybridized carbons (Fsp3) is 0.174. The van der Waals surface area contributed by atoms with Gasteiger partial charge in [0.25, 0.3) is 0 Å². The number of nitrogen functional groups attached to an aromatic ring is 1. The Morgan fingerprint density at radius 2 is 1.77 bits per heavy atom. The molecule has 5 rings (SSSR count). The van der Waals surface area contributed by atoms with Gasteiger partial charge in [-0.15, -0.1) is 0 Å². The molecular weight excluding hydrogens is 513 g/mol. The number of primary sulfonamides is 1. The molecule has 35 heavy (non-hydrogen) atoms. The van der Waals surface area contributed by atoms with Gasteiger partial charge < -0.3 is 5.73 Å². The number of nitrogens with zero attached hydrogens (tertiary/aromatic N) is 2. The second kappa shape index (κ2) is 8.49. The molecule has 0 radical (unpaired) electrons. The first kappa shape index (κ1) is 23.6. The fourth-order valence-corrected chi connectivity index (χ4v) is 5.76. The first-order valence-corrected chi connectivity index (χ1v) is 12.9. The third-order valence-corrected chi connectivity index (χ3v) is 7.66. The first-order valence-electron chi connectivity index (χ1n) is 10.6. The molecule has 0 saturated heterocycles. The molecule has 1 aromatic heterocycles. The topological polar surface area (TPSA) is 152 Å². The maximum Gasteiger partial charge on any atom is 0.348 e. The normalized spacial score (nSPS) is 17.9. The SMILES string of the molecule is Nc1[nH]c(=O)nc2c1C(c1ccc(Cl)cc1Cl)C1=C(CCCC1=O)N2c1ccc(S(N)(=O)=O)cc1. The van der Waals surface area contributed by atoms with E-state index in [4.69, 9.17) is 34.1 Å². The molecule has 9 nitrogen and oxygen atoms in total. The van der Waals surface area contributed by atoms with Crippen LogP contribution in [0.5, 0.6) is 0 Å². The number of sulfonamides is 1. The van der Waals surface area contributed by atoms with Gasteiger partial charge in [-0.25, -0.2) is 18.4 Å². The van der Waals surface area contributed by atoms with Crippen LogP contribution in [0.4, 0.5) is 17.3 Å². The van der Waals surface area contributed by atoms with Gasteiger partial charge in [0.1, 0.15) is 5.82 Å². The van der Waals surface area contributed by atoms with Gasteiger partial charge in [-0.3, -0.25) is 14.7 Å². The van der Waals surface area contributed by atoms with Gasteiger partial charge in [0.2, 0.25) is 10.0 Å². The zero-order valence-electron chi connectivity index (χ0n) is 18.1. The largest absolute Gasteiger partial charge is 0.385 e. The van der Waals surface area contributed by atoms with E-state index in [1.165, 1.54) is 12.1 Å². The molecule has 180 valence electrons. The number of hydrogen-bond acceptors (Lipinski definition) is 7. The number of hydrogen-bond donors (Lipinski definition) is 3. The number of ketones is 1. The number of allylic oxidation sites excluding steroid dienone is 2. The number of H-pyrrole nitrogens is 1. The number of benzene rings is 2. The molecule has 12 heteroatoms. The summed E-state index contributed by atoms with van der Waals surface area (Å²) in [6.45, 7) is 0. The monoisotopic (exact) mass is 531 g/mol. The zero-order chi connectivity index (χ0) is 25.1. The van der Waals surface area contributed by atoms with Crippen LogP contribution in [-0.2, 0) is 14.8 Å². The van der Waals surface area contributed by atoms with E-state index in [-0.39, 0.29) is 22.3 Å². The minimum absolute atomic E-state index is 0.0482. The van der Waals surface area contributed by atoms with Crippen molar-refractivity contribution >= 4 is 56.3 Å². The van der Waals surface area contributed by atoms with Crippen molar-refractivity contribution in [3.63, 3.8) is 0 Å². The summed E-state index contributed by atoms with van der Waals surface area (Å²) in [5.41, 5.74) is 8.30. The van der Waals surface area contributed by atoms with E-state index in [0.717, 1.165) is 0 Å². The lowest BCUT2D eigenvalue weighted by Crippen LogP contribution is -2.36. The van der Waals surface area contributed by atoms with Gasteiger partial charge in [-0.1, -0.05) is 29.3 Å². The molecule has 1 atom stereocenters. The second-order valence-electron chi connectivity index (χ2n) is 8.30. The maximum absolute atomic E-state index is 13.4. The van der Waals surface area contributed by atoms with Crippen molar-refractivity contribution in [2.24, 2.45) is 5.14 Å². The number of aromatic nitrogens is 2. The first-order chi connectivity index (χ1) is 16.6. The third kappa shape index (κ3) is 4.02. The van der Waals surface area contributed by atoms with Crippen LogP contribution in [-0.4, -0.2) is 24.2 Å². The summed E-state index contributed by atoms with van der Waals surface area (Å²) >= 11 is 12.7. The number of carbonyl (C=O) groups is 1. The highest BCUT2D eigenvalue weighted by molar-refractivity contribution is 7.89. The number of halogens is 2. The average molecular weight is 532 g/mol. The highest BCUT2D eigenvalue weighted by Gasteiger charge is 2.42. The Bertz CT molecular complexity index is 1580. The van der Waals surface area contributed by atoms with E-state index in [0.29, 0.717) is 57.4 Å². The Balaban J connectivity index is 1.83. The van der Waals surface area contributed by atoms with E-state index in [9.17, 15) is 18.0 Å². The number of nitrogens with two attached hydrogens (primary N) is 2. The molecular formula is C23H19Cl2N5O4S. The number of rotatable bonds is 3. The van der Waals surface area contributed by atoms with Crippen LogP contribution >= 0.6 is 23.2 Å². The summed E-state index contributed by atoms with van der Waals surface area (Å²) in [5.74, 6) is -0.474. The molecule has 0 fully saturated rings. The molecule has 2 heterocycles. The van der Waals surface area contributed by atoms with E-state index in [1.807, 2.05) is 0 Å². The van der Waals surface area contributed by atoms with Crippen LogP contribution in [0.2, 0.25) is 10.0 Å². The predicted molar refractivity (Wildman–Crippen MR) is 133 cm³/mol. The Labute approximate surface area is 210 Å². The highest BCUT2D eigenvalue weighted by Crippen LogP contribution is 2.52. The summed E-state index contributed by atoms with van der Waals surface area (Å²) in [4.78, 5) is 34.1. The molecule has 3 aromatic rings. The summed E-state index contributed by atoms with van der Waals surface area (Å²) < 4.78 is 23.5. The van der Waals surface area contributed by atoms with Gasteiger partial charge in [-0.05, 0) is 54.8 Å². The summed E-state index contributed by atoms with van der Waals surface area (Å²) in [6.07, 6.45) is 1.46. The second-order valence-corrected chi connectivity index (χ2v) is 10.7. The maximum atomic E-state index is 13.4. The van der Waals surface area contributed by atoms with E-state index < -0.39 is 21.6 Å². The number of aromatic amines is 1. The minimum atomic E-state index is -3.91. The zero-order valence-corrected chi connectivity index (χ0v) is 20.4. The number of Topliss-reactive ketones (excluding diaryl/α,β-unsaturated/α-hetero) is 1.